The Labute approximate surface area is 124 Å². The summed E-state index contributed by atoms with van der Waals surface area (Å²) in [6.45, 7) is 4.56. The molecule has 21 heavy (non-hydrogen) atoms. The van der Waals surface area contributed by atoms with E-state index in [9.17, 15) is 8.42 Å². The molecule has 2 heterocycles. The van der Waals surface area contributed by atoms with Crippen molar-refractivity contribution >= 4 is 15.8 Å². The molecule has 4 N–H and O–H groups in total. The van der Waals surface area contributed by atoms with Crippen LogP contribution in [0.5, 0.6) is 0 Å². The highest BCUT2D eigenvalue weighted by molar-refractivity contribution is 7.89. The summed E-state index contributed by atoms with van der Waals surface area (Å²) in [5.41, 5.74) is 2.33. The number of hydrogen-bond acceptors (Lipinski definition) is 7. The van der Waals surface area contributed by atoms with Crippen LogP contribution < -0.4 is 16.0 Å². The number of pyridine rings is 1. The Morgan fingerprint density at radius 3 is 2.86 bits per heavy atom. The molecule has 1 fully saturated rings. The van der Waals surface area contributed by atoms with Crippen LogP contribution in [0.2, 0.25) is 0 Å². The molecule has 0 aliphatic carbocycles. The molecule has 0 atom stereocenters. The molecule has 1 aliphatic heterocycles. The number of hydrogen-bond donors (Lipinski definition) is 3. The zero-order chi connectivity index (χ0) is 15.1. The Hall–Kier alpha value is -1.26. The minimum atomic E-state index is -3.52. The molecule has 0 radical (unpaired) electrons. The average Bonchev–Trinajstić information content (AvgIpc) is 2.53. The summed E-state index contributed by atoms with van der Waals surface area (Å²) in [5.74, 6) is 5.53. The van der Waals surface area contributed by atoms with Gasteiger partial charge in [-0.2, -0.15) is 0 Å². The number of anilines is 1. The highest BCUT2D eigenvalue weighted by Crippen LogP contribution is 2.11. The van der Waals surface area contributed by atoms with Crippen molar-refractivity contribution < 1.29 is 13.2 Å². The first-order chi connectivity index (χ1) is 10.1. The monoisotopic (exact) mass is 315 g/mol. The van der Waals surface area contributed by atoms with Crippen LogP contribution in [0.25, 0.3) is 0 Å². The Morgan fingerprint density at radius 1 is 1.38 bits per heavy atom. The minimum Gasteiger partial charge on any atom is -0.379 e. The molecule has 118 valence electrons. The number of ether oxygens (including phenoxy) is 1. The van der Waals surface area contributed by atoms with Crippen molar-refractivity contribution in [3.05, 3.63) is 18.3 Å². The third kappa shape index (κ3) is 4.90. The molecule has 9 heteroatoms. The van der Waals surface area contributed by atoms with Crippen molar-refractivity contribution in [3.8, 4) is 0 Å². The third-order valence-corrected chi connectivity index (χ3v) is 4.70. The van der Waals surface area contributed by atoms with Crippen molar-refractivity contribution in [2.24, 2.45) is 5.84 Å². The van der Waals surface area contributed by atoms with Crippen LogP contribution in [-0.4, -0.2) is 57.7 Å². The van der Waals surface area contributed by atoms with E-state index in [1.54, 1.807) is 0 Å². The van der Waals surface area contributed by atoms with E-state index >= 15 is 0 Å². The maximum absolute atomic E-state index is 12.1. The predicted octanol–water partition coefficient (Wildman–Crippen LogP) is -0.632. The number of rotatable bonds is 7. The van der Waals surface area contributed by atoms with Gasteiger partial charge in [0, 0.05) is 31.9 Å². The minimum absolute atomic E-state index is 0.150. The Kier molecular flexibility index (Phi) is 5.88. The first-order valence-electron chi connectivity index (χ1n) is 6.84. The number of nitrogens with zero attached hydrogens (tertiary/aromatic N) is 2. The first kappa shape index (κ1) is 16.1. The molecule has 1 aromatic heterocycles. The highest BCUT2D eigenvalue weighted by atomic mass is 32.2. The van der Waals surface area contributed by atoms with E-state index < -0.39 is 10.0 Å². The van der Waals surface area contributed by atoms with Gasteiger partial charge in [-0.05, 0) is 19.0 Å². The average molecular weight is 315 g/mol. The van der Waals surface area contributed by atoms with Gasteiger partial charge in [-0.15, -0.1) is 0 Å². The predicted molar refractivity (Wildman–Crippen MR) is 79.1 cm³/mol. The SMILES string of the molecule is NNc1cc(S(=O)(=O)NCCCN2CCOCC2)ccn1. The fourth-order valence-electron chi connectivity index (χ4n) is 2.07. The molecule has 0 aromatic carbocycles. The zero-order valence-corrected chi connectivity index (χ0v) is 12.6. The van der Waals surface area contributed by atoms with Gasteiger partial charge < -0.3 is 10.2 Å². The van der Waals surface area contributed by atoms with Gasteiger partial charge in [0.2, 0.25) is 10.0 Å². The summed E-state index contributed by atoms with van der Waals surface area (Å²) >= 11 is 0. The van der Waals surface area contributed by atoms with Crippen molar-refractivity contribution in [1.82, 2.24) is 14.6 Å². The molecule has 0 saturated carbocycles. The van der Waals surface area contributed by atoms with Gasteiger partial charge in [0.15, 0.2) is 0 Å². The molecule has 8 nitrogen and oxygen atoms in total. The van der Waals surface area contributed by atoms with Gasteiger partial charge >= 0.3 is 0 Å². The normalized spacial score (nSPS) is 16.8. The number of nitrogens with two attached hydrogens (primary N) is 1. The number of nitrogen functional groups attached to an aromatic ring is 1. The molecular weight excluding hydrogens is 294 g/mol. The molecule has 2 rings (SSSR count). The van der Waals surface area contributed by atoms with E-state index in [-0.39, 0.29) is 4.90 Å². The van der Waals surface area contributed by atoms with E-state index in [0.29, 0.717) is 12.4 Å². The van der Waals surface area contributed by atoms with Gasteiger partial charge in [0.1, 0.15) is 5.82 Å². The largest absolute Gasteiger partial charge is 0.379 e. The molecule has 0 bridgehead atoms. The fraction of sp³-hybridized carbons (Fsp3) is 0.583. The molecular formula is C12H21N5O3S. The molecule has 1 aliphatic rings. The van der Waals surface area contributed by atoms with Crippen LogP contribution in [0.1, 0.15) is 6.42 Å². The van der Waals surface area contributed by atoms with Crippen LogP contribution in [0.4, 0.5) is 5.82 Å². The van der Waals surface area contributed by atoms with E-state index in [1.165, 1.54) is 18.3 Å². The lowest BCUT2D eigenvalue weighted by molar-refractivity contribution is 0.0376. The van der Waals surface area contributed by atoms with Crippen LogP contribution in [0.15, 0.2) is 23.2 Å². The summed E-state index contributed by atoms with van der Waals surface area (Å²) < 4.78 is 32.1. The van der Waals surface area contributed by atoms with Gasteiger partial charge in [-0.1, -0.05) is 0 Å². The summed E-state index contributed by atoms with van der Waals surface area (Å²) in [5, 5.41) is 0. The topological polar surface area (TPSA) is 110 Å². The number of sulfonamides is 1. The van der Waals surface area contributed by atoms with E-state index in [1.807, 2.05) is 0 Å². The van der Waals surface area contributed by atoms with Gasteiger partial charge in [-0.25, -0.2) is 24.0 Å². The van der Waals surface area contributed by atoms with E-state index in [4.69, 9.17) is 10.6 Å². The molecule has 0 spiro atoms. The standard InChI is InChI=1S/C12H21N5O3S/c13-16-12-10-11(2-4-14-12)21(18,19)15-3-1-5-17-6-8-20-9-7-17/h2,4,10,15H,1,3,5-9,13H2,(H,14,16). The Morgan fingerprint density at radius 2 is 2.14 bits per heavy atom. The molecule has 1 aromatic rings. The third-order valence-electron chi connectivity index (χ3n) is 3.24. The molecule has 1 saturated heterocycles. The van der Waals surface area contributed by atoms with Crippen molar-refractivity contribution in [2.45, 2.75) is 11.3 Å². The fourth-order valence-corrected chi connectivity index (χ4v) is 3.16. The summed E-state index contributed by atoms with van der Waals surface area (Å²) in [4.78, 5) is 6.30. The number of hydrazine groups is 1. The first-order valence-corrected chi connectivity index (χ1v) is 8.32. The van der Waals surface area contributed by atoms with E-state index in [2.05, 4.69) is 20.0 Å². The lowest BCUT2D eigenvalue weighted by atomic mass is 10.3. The van der Waals surface area contributed by atoms with Crippen LogP contribution in [0.3, 0.4) is 0 Å². The smallest absolute Gasteiger partial charge is 0.240 e. The quantitative estimate of drug-likeness (QED) is 0.349. The Bertz CT molecular complexity index is 546. The van der Waals surface area contributed by atoms with Crippen molar-refractivity contribution in [1.29, 1.82) is 0 Å². The van der Waals surface area contributed by atoms with Crippen molar-refractivity contribution in [2.75, 3.05) is 44.8 Å². The second kappa shape index (κ2) is 7.66. The Balaban J connectivity index is 1.80. The van der Waals surface area contributed by atoms with Crippen LogP contribution >= 0.6 is 0 Å². The summed E-state index contributed by atoms with van der Waals surface area (Å²) in [7, 11) is -3.52. The van der Waals surface area contributed by atoms with Gasteiger partial charge in [-0.3, -0.25) is 4.90 Å². The van der Waals surface area contributed by atoms with Gasteiger partial charge in [0.25, 0.3) is 0 Å². The van der Waals surface area contributed by atoms with E-state index in [0.717, 1.165) is 39.3 Å². The number of nitrogens with one attached hydrogen (secondary N) is 2. The highest BCUT2D eigenvalue weighted by Gasteiger charge is 2.15. The molecule has 0 amide bonds. The number of aromatic nitrogens is 1. The number of morpholine rings is 1. The maximum Gasteiger partial charge on any atom is 0.240 e. The van der Waals surface area contributed by atoms with Crippen molar-refractivity contribution in [3.63, 3.8) is 0 Å². The lowest BCUT2D eigenvalue weighted by Crippen LogP contribution is -2.38. The molecule has 0 unspecified atom stereocenters. The summed E-state index contributed by atoms with van der Waals surface area (Å²) in [6.07, 6.45) is 2.16. The second-order valence-electron chi connectivity index (χ2n) is 4.73. The maximum atomic E-state index is 12.1. The summed E-state index contributed by atoms with van der Waals surface area (Å²) in [6, 6.07) is 2.83. The lowest BCUT2D eigenvalue weighted by Gasteiger charge is -2.26. The van der Waals surface area contributed by atoms with Gasteiger partial charge in [0.05, 0.1) is 18.1 Å². The van der Waals surface area contributed by atoms with Crippen LogP contribution in [-0.2, 0) is 14.8 Å². The zero-order valence-electron chi connectivity index (χ0n) is 11.8. The van der Waals surface area contributed by atoms with Crippen LogP contribution in [0, 0.1) is 0 Å². The second-order valence-corrected chi connectivity index (χ2v) is 6.49.